The summed E-state index contributed by atoms with van der Waals surface area (Å²) in [4.78, 5) is 0. The Labute approximate surface area is 95.0 Å². The Morgan fingerprint density at radius 2 is 2.06 bits per heavy atom. The molecule has 1 aromatic heterocycles. The van der Waals surface area contributed by atoms with Crippen LogP contribution in [0, 0.1) is 0 Å². The molecule has 0 aliphatic carbocycles. The van der Waals surface area contributed by atoms with Crippen molar-refractivity contribution >= 4 is 0 Å². The molecule has 1 N–H and O–H groups in total. The largest absolute Gasteiger partial charge is 0.480 e. The van der Waals surface area contributed by atoms with E-state index in [0.717, 1.165) is 0 Å². The van der Waals surface area contributed by atoms with Gasteiger partial charge in [-0.05, 0) is 6.07 Å². The molecule has 0 spiro atoms. The van der Waals surface area contributed by atoms with Crippen molar-refractivity contribution < 1.29 is 22.3 Å². The molecule has 0 aromatic carbocycles. The molecule has 0 aliphatic heterocycles. The number of ether oxygens (including phenoxy) is 1. The van der Waals surface area contributed by atoms with Gasteiger partial charge in [0.05, 0.1) is 19.3 Å². The van der Waals surface area contributed by atoms with E-state index in [4.69, 9.17) is 4.74 Å². The van der Waals surface area contributed by atoms with Crippen LogP contribution in [0.15, 0.2) is 12.1 Å². The van der Waals surface area contributed by atoms with Crippen molar-refractivity contribution in [1.29, 1.82) is 0 Å². The van der Waals surface area contributed by atoms with Crippen LogP contribution in [0.3, 0.4) is 0 Å². The Morgan fingerprint density at radius 3 is 2.53 bits per heavy atom. The molecule has 0 fully saturated rings. The Morgan fingerprint density at radius 1 is 1.35 bits per heavy atom. The van der Waals surface area contributed by atoms with E-state index in [1.165, 1.54) is 19.2 Å². The van der Waals surface area contributed by atoms with E-state index in [1.807, 2.05) is 0 Å². The lowest BCUT2D eigenvalue weighted by Crippen LogP contribution is -2.38. The number of halogens is 4. The molecular weight excluding hydrogens is 242 g/mol. The fourth-order valence-electron chi connectivity index (χ4n) is 0.985. The summed E-state index contributed by atoms with van der Waals surface area (Å²) in [5.74, 6) is -3.76. The van der Waals surface area contributed by atoms with E-state index >= 15 is 0 Å². The maximum absolute atomic E-state index is 12.5. The second kappa shape index (κ2) is 5.76. The van der Waals surface area contributed by atoms with E-state index in [9.17, 15) is 17.6 Å². The van der Waals surface area contributed by atoms with Crippen LogP contribution in [0.2, 0.25) is 0 Å². The summed E-state index contributed by atoms with van der Waals surface area (Å²) >= 11 is 0. The van der Waals surface area contributed by atoms with Gasteiger partial charge >= 0.3 is 12.3 Å². The minimum absolute atomic E-state index is 0.0701. The van der Waals surface area contributed by atoms with Crippen LogP contribution in [0.5, 0.6) is 5.88 Å². The zero-order valence-corrected chi connectivity index (χ0v) is 8.96. The molecule has 96 valence electrons. The van der Waals surface area contributed by atoms with Gasteiger partial charge in [-0.1, -0.05) is 0 Å². The topological polar surface area (TPSA) is 47.0 Å². The summed E-state index contributed by atoms with van der Waals surface area (Å²) < 4.78 is 53.3. The average Bonchev–Trinajstić information content (AvgIpc) is 2.29. The molecule has 1 heterocycles. The van der Waals surface area contributed by atoms with Crippen molar-refractivity contribution in [1.82, 2.24) is 15.5 Å². The van der Waals surface area contributed by atoms with Crippen LogP contribution >= 0.6 is 0 Å². The lowest BCUT2D eigenvalue weighted by Gasteiger charge is -2.15. The molecule has 4 nitrogen and oxygen atoms in total. The summed E-state index contributed by atoms with van der Waals surface area (Å²) in [6.07, 6.45) is -3.68. The highest BCUT2D eigenvalue weighted by Crippen LogP contribution is 2.21. The molecule has 0 aliphatic rings. The van der Waals surface area contributed by atoms with Gasteiger partial charge < -0.3 is 10.1 Å². The fourth-order valence-corrected chi connectivity index (χ4v) is 0.985. The molecule has 1 rings (SSSR count). The van der Waals surface area contributed by atoms with Gasteiger partial charge in [0.1, 0.15) is 0 Å². The number of alkyl halides is 4. The summed E-state index contributed by atoms with van der Waals surface area (Å²) in [6, 6.07) is 2.99. The molecule has 1 aromatic rings. The summed E-state index contributed by atoms with van der Waals surface area (Å²) in [6.45, 7) is -1.18. The summed E-state index contributed by atoms with van der Waals surface area (Å²) in [5.41, 5.74) is 0.357. The molecule has 0 bridgehead atoms. The second-order valence-corrected chi connectivity index (χ2v) is 3.23. The van der Waals surface area contributed by atoms with Gasteiger partial charge in [0.15, 0.2) is 0 Å². The number of aromatic nitrogens is 2. The number of hydrogen-bond acceptors (Lipinski definition) is 4. The predicted molar refractivity (Wildman–Crippen MR) is 51.2 cm³/mol. The first kappa shape index (κ1) is 13.6. The van der Waals surface area contributed by atoms with Crippen LogP contribution in [-0.4, -0.2) is 36.2 Å². The molecule has 17 heavy (non-hydrogen) atoms. The first-order valence-electron chi connectivity index (χ1n) is 4.69. The standard InChI is InChI=1S/C9H11F4N3O/c1-17-7-3-2-6(15-16-7)4-14-5-9(12,13)8(10)11/h2-3,8,14H,4-5H2,1H3. The number of methoxy groups -OCH3 is 1. The summed E-state index contributed by atoms with van der Waals surface area (Å²) in [7, 11) is 1.41. The third-order valence-electron chi connectivity index (χ3n) is 1.89. The van der Waals surface area contributed by atoms with Gasteiger partial charge in [0.2, 0.25) is 5.88 Å². The lowest BCUT2D eigenvalue weighted by molar-refractivity contribution is -0.125. The van der Waals surface area contributed by atoms with Crippen molar-refractivity contribution in [2.45, 2.75) is 18.9 Å². The normalized spacial score (nSPS) is 11.9. The van der Waals surface area contributed by atoms with Crippen molar-refractivity contribution in [3.05, 3.63) is 17.8 Å². The molecule has 0 radical (unpaired) electrons. The van der Waals surface area contributed by atoms with Crippen molar-refractivity contribution in [2.75, 3.05) is 13.7 Å². The van der Waals surface area contributed by atoms with E-state index < -0.39 is 18.9 Å². The first-order valence-corrected chi connectivity index (χ1v) is 4.69. The third-order valence-corrected chi connectivity index (χ3v) is 1.89. The van der Waals surface area contributed by atoms with Gasteiger partial charge in [-0.3, -0.25) is 0 Å². The number of hydrogen-bond donors (Lipinski definition) is 1. The molecule has 0 unspecified atom stereocenters. The van der Waals surface area contributed by atoms with Crippen LogP contribution in [0.1, 0.15) is 5.69 Å². The fraction of sp³-hybridized carbons (Fsp3) is 0.556. The molecule has 0 amide bonds. The minimum atomic E-state index is -4.04. The first-order chi connectivity index (χ1) is 7.95. The van der Waals surface area contributed by atoms with E-state index in [0.29, 0.717) is 5.69 Å². The molecule has 0 saturated carbocycles. The molecule has 8 heteroatoms. The zero-order chi connectivity index (χ0) is 12.9. The average molecular weight is 253 g/mol. The Kier molecular flexibility index (Phi) is 4.62. The molecular formula is C9H11F4N3O. The Bertz CT molecular complexity index is 345. The SMILES string of the molecule is COc1ccc(CNCC(F)(F)C(F)F)nn1. The van der Waals surface area contributed by atoms with Gasteiger partial charge in [-0.15, -0.1) is 5.10 Å². The highest BCUT2D eigenvalue weighted by Gasteiger charge is 2.39. The quantitative estimate of drug-likeness (QED) is 0.780. The number of nitrogens with zero attached hydrogens (tertiary/aromatic N) is 2. The van der Waals surface area contributed by atoms with Crippen molar-refractivity contribution in [2.24, 2.45) is 0 Å². The smallest absolute Gasteiger partial charge is 0.319 e. The number of nitrogens with one attached hydrogen (secondary N) is 1. The van der Waals surface area contributed by atoms with Crippen LogP contribution in [-0.2, 0) is 6.54 Å². The summed E-state index contributed by atoms with van der Waals surface area (Å²) in [5, 5.41) is 9.43. The predicted octanol–water partition coefficient (Wildman–Crippen LogP) is 1.48. The van der Waals surface area contributed by atoms with Crippen LogP contribution in [0.25, 0.3) is 0 Å². The maximum Gasteiger partial charge on any atom is 0.319 e. The van der Waals surface area contributed by atoms with E-state index in [1.54, 1.807) is 0 Å². The Hall–Kier alpha value is -1.44. The maximum atomic E-state index is 12.5. The zero-order valence-electron chi connectivity index (χ0n) is 8.96. The highest BCUT2D eigenvalue weighted by molar-refractivity contribution is 5.11. The lowest BCUT2D eigenvalue weighted by atomic mass is 10.3. The molecule has 0 saturated heterocycles. The third kappa shape index (κ3) is 4.14. The van der Waals surface area contributed by atoms with Gasteiger partial charge in [0, 0.05) is 12.6 Å². The van der Waals surface area contributed by atoms with Crippen molar-refractivity contribution in [3.63, 3.8) is 0 Å². The Balaban J connectivity index is 2.40. The highest BCUT2D eigenvalue weighted by atomic mass is 19.3. The van der Waals surface area contributed by atoms with E-state index in [-0.39, 0.29) is 12.4 Å². The van der Waals surface area contributed by atoms with E-state index in [2.05, 4.69) is 15.5 Å². The second-order valence-electron chi connectivity index (χ2n) is 3.23. The van der Waals surface area contributed by atoms with Gasteiger partial charge in [0.25, 0.3) is 0 Å². The van der Waals surface area contributed by atoms with Crippen LogP contribution < -0.4 is 10.1 Å². The van der Waals surface area contributed by atoms with Crippen molar-refractivity contribution in [3.8, 4) is 5.88 Å². The van der Waals surface area contributed by atoms with Crippen LogP contribution in [0.4, 0.5) is 17.6 Å². The number of rotatable bonds is 6. The van der Waals surface area contributed by atoms with Gasteiger partial charge in [-0.2, -0.15) is 13.9 Å². The monoisotopic (exact) mass is 253 g/mol. The minimum Gasteiger partial charge on any atom is -0.480 e. The van der Waals surface area contributed by atoms with Gasteiger partial charge in [-0.25, -0.2) is 8.78 Å². The molecule has 0 atom stereocenters.